The second-order valence-corrected chi connectivity index (χ2v) is 5.14. The Balaban J connectivity index is 1.42. The van der Waals surface area contributed by atoms with Crippen molar-refractivity contribution in [3.8, 4) is 5.69 Å². The van der Waals surface area contributed by atoms with E-state index in [2.05, 4.69) is 10.2 Å². The Morgan fingerprint density at radius 2 is 2.00 bits per heavy atom. The second kappa shape index (κ2) is 8.20. The van der Waals surface area contributed by atoms with E-state index in [1.807, 2.05) is 12.3 Å². The van der Waals surface area contributed by atoms with E-state index in [1.165, 1.54) is 23.1 Å². The number of nitrogens with zero attached hydrogens (tertiary/aromatic N) is 4. The maximum absolute atomic E-state index is 13.7. The molecule has 0 fully saturated rings. The molecule has 2 heterocycles. The SMILES string of the molecule is O=C(OCCOCCn1cccn1)c1cnn(-c2ccccc2F)c1. The molecule has 0 radical (unpaired) electrons. The van der Waals surface area contributed by atoms with Crippen molar-refractivity contribution in [1.29, 1.82) is 0 Å². The predicted molar refractivity (Wildman–Crippen MR) is 86.9 cm³/mol. The molecule has 0 unspecified atom stereocenters. The summed E-state index contributed by atoms with van der Waals surface area (Å²) in [6, 6.07) is 8.02. The van der Waals surface area contributed by atoms with Gasteiger partial charge in [-0.1, -0.05) is 12.1 Å². The van der Waals surface area contributed by atoms with E-state index < -0.39 is 11.8 Å². The van der Waals surface area contributed by atoms with Crippen LogP contribution in [0.4, 0.5) is 4.39 Å². The number of hydrogen-bond donors (Lipinski definition) is 0. The summed E-state index contributed by atoms with van der Waals surface area (Å²) in [5, 5.41) is 8.04. The van der Waals surface area contributed by atoms with Gasteiger partial charge < -0.3 is 9.47 Å². The van der Waals surface area contributed by atoms with Crippen LogP contribution in [0.2, 0.25) is 0 Å². The molecule has 0 spiro atoms. The number of carbonyl (C=O) groups is 1. The van der Waals surface area contributed by atoms with Crippen LogP contribution < -0.4 is 0 Å². The van der Waals surface area contributed by atoms with E-state index in [9.17, 15) is 9.18 Å². The minimum atomic E-state index is -0.529. The topological polar surface area (TPSA) is 71.2 Å². The standard InChI is InChI=1S/C17H17FN4O3/c18-15-4-1-2-5-16(15)22-13-14(12-20-22)17(23)25-11-10-24-9-8-21-7-3-6-19-21/h1-7,12-13H,8-11H2. The average Bonchev–Trinajstić information content (AvgIpc) is 3.30. The summed E-state index contributed by atoms with van der Waals surface area (Å²) < 4.78 is 27.2. The Labute approximate surface area is 143 Å². The highest BCUT2D eigenvalue weighted by Crippen LogP contribution is 2.13. The zero-order valence-corrected chi connectivity index (χ0v) is 13.4. The first-order valence-corrected chi connectivity index (χ1v) is 7.76. The molecule has 7 nitrogen and oxygen atoms in total. The van der Waals surface area contributed by atoms with Gasteiger partial charge in [0.2, 0.25) is 0 Å². The largest absolute Gasteiger partial charge is 0.460 e. The Kier molecular flexibility index (Phi) is 5.53. The molecule has 0 saturated carbocycles. The van der Waals surface area contributed by atoms with Gasteiger partial charge in [-0.2, -0.15) is 10.2 Å². The predicted octanol–water partition coefficient (Wildman–Crippen LogP) is 2.08. The quantitative estimate of drug-likeness (QED) is 0.462. The lowest BCUT2D eigenvalue weighted by Crippen LogP contribution is -2.13. The van der Waals surface area contributed by atoms with Crippen molar-refractivity contribution in [2.75, 3.05) is 19.8 Å². The fourth-order valence-corrected chi connectivity index (χ4v) is 2.17. The fourth-order valence-electron chi connectivity index (χ4n) is 2.17. The summed E-state index contributed by atoms with van der Waals surface area (Å²) in [4.78, 5) is 12.0. The van der Waals surface area contributed by atoms with Crippen LogP contribution in [0.25, 0.3) is 5.69 Å². The van der Waals surface area contributed by atoms with E-state index in [4.69, 9.17) is 9.47 Å². The van der Waals surface area contributed by atoms with Crippen LogP contribution in [0.5, 0.6) is 0 Å². The number of halogens is 1. The molecule has 2 aromatic heterocycles. The molecule has 1 aromatic carbocycles. The number of benzene rings is 1. The molecule has 0 saturated heterocycles. The number of ether oxygens (including phenoxy) is 2. The molecule has 0 atom stereocenters. The first-order valence-electron chi connectivity index (χ1n) is 7.76. The third-order valence-corrected chi connectivity index (χ3v) is 3.40. The minimum absolute atomic E-state index is 0.128. The second-order valence-electron chi connectivity index (χ2n) is 5.14. The van der Waals surface area contributed by atoms with Gasteiger partial charge in [-0.25, -0.2) is 13.9 Å². The van der Waals surface area contributed by atoms with Crippen LogP contribution in [0.1, 0.15) is 10.4 Å². The van der Waals surface area contributed by atoms with Gasteiger partial charge in [0.05, 0.1) is 31.5 Å². The maximum Gasteiger partial charge on any atom is 0.341 e. The molecule has 25 heavy (non-hydrogen) atoms. The van der Waals surface area contributed by atoms with Gasteiger partial charge in [0, 0.05) is 18.6 Å². The lowest BCUT2D eigenvalue weighted by molar-refractivity contribution is 0.0303. The van der Waals surface area contributed by atoms with Crippen LogP contribution in [-0.4, -0.2) is 45.4 Å². The van der Waals surface area contributed by atoms with Crippen molar-refractivity contribution in [1.82, 2.24) is 19.6 Å². The smallest absolute Gasteiger partial charge is 0.341 e. The summed E-state index contributed by atoms with van der Waals surface area (Å²) in [5.74, 6) is -0.950. The molecule has 130 valence electrons. The first-order chi connectivity index (χ1) is 12.2. The summed E-state index contributed by atoms with van der Waals surface area (Å²) in [7, 11) is 0. The molecule has 0 bridgehead atoms. The molecule has 0 aliphatic heterocycles. The molecular weight excluding hydrogens is 327 g/mol. The van der Waals surface area contributed by atoms with Crippen molar-refractivity contribution < 1.29 is 18.7 Å². The number of rotatable bonds is 8. The lowest BCUT2D eigenvalue weighted by atomic mass is 10.3. The van der Waals surface area contributed by atoms with Crippen molar-refractivity contribution >= 4 is 5.97 Å². The molecule has 0 aliphatic rings. The third kappa shape index (κ3) is 4.51. The number of carbonyl (C=O) groups excluding carboxylic acids is 1. The molecule has 3 rings (SSSR count). The fraction of sp³-hybridized carbons (Fsp3) is 0.235. The van der Waals surface area contributed by atoms with Crippen LogP contribution in [0.3, 0.4) is 0 Å². The Hall–Kier alpha value is -3.00. The van der Waals surface area contributed by atoms with Crippen LogP contribution in [-0.2, 0) is 16.0 Å². The molecule has 0 N–H and O–H groups in total. The number of aromatic nitrogens is 4. The molecule has 8 heteroatoms. The highest BCUT2D eigenvalue weighted by atomic mass is 19.1. The normalized spacial score (nSPS) is 10.8. The average molecular weight is 344 g/mol. The third-order valence-electron chi connectivity index (χ3n) is 3.40. The van der Waals surface area contributed by atoms with E-state index in [0.29, 0.717) is 13.2 Å². The summed E-state index contributed by atoms with van der Waals surface area (Å²) in [6.45, 7) is 1.53. The lowest BCUT2D eigenvalue weighted by Gasteiger charge is -2.05. The van der Waals surface area contributed by atoms with Gasteiger partial charge >= 0.3 is 5.97 Å². The summed E-state index contributed by atoms with van der Waals surface area (Å²) >= 11 is 0. The van der Waals surface area contributed by atoms with Crippen LogP contribution in [0, 0.1) is 5.82 Å². The van der Waals surface area contributed by atoms with Crippen LogP contribution in [0.15, 0.2) is 55.1 Å². The maximum atomic E-state index is 13.7. The monoisotopic (exact) mass is 344 g/mol. The van der Waals surface area contributed by atoms with Crippen molar-refractivity contribution in [3.05, 3.63) is 66.5 Å². The van der Waals surface area contributed by atoms with Gasteiger partial charge in [-0.15, -0.1) is 0 Å². The van der Waals surface area contributed by atoms with E-state index in [0.717, 1.165) is 0 Å². The van der Waals surface area contributed by atoms with Crippen molar-refractivity contribution in [2.45, 2.75) is 6.54 Å². The zero-order chi connectivity index (χ0) is 17.5. The first kappa shape index (κ1) is 16.8. The summed E-state index contributed by atoms with van der Waals surface area (Å²) in [6.07, 6.45) is 6.31. The molecule has 3 aromatic rings. The number of para-hydroxylation sites is 1. The highest BCUT2D eigenvalue weighted by Gasteiger charge is 2.12. The van der Waals surface area contributed by atoms with Gasteiger partial charge in [0.25, 0.3) is 0 Å². The van der Waals surface area contributed by atoms with Crippen molar-refractivity contribution in [2.24, 2.45) is 0 Å². The molecule has 0 amide bonds. The van der Waals surface area contributed by atoms with E-state index >= 15 is 0 Å². The van der Waals surface area contributed by atoms with Gasteiger partial charge in [0.1, 0.15) is 18.1 Å². The van der Waals surface area contributed by atoms with Gasteiger partial charge in [-0.05, 0) is 18.2 Å². The highest BCUT2D eigenvalue weighted by molar-refractivity contribution is 5.88. The Morgan fingerprint density at radius 1 is 1.12 bits per heavy atom. The van der Waals surface area contributed by atoms with Crippen LogP contribution >= 0.6 is 0 Å². The number of hydrogen-bond acceptors (Lipinski definition) is 5. The van der Waals surface area contributed by atoms with E-state index in [1.54, 1.807) is 29.1 Å². The zero-order valence-electron chi connectivity index (χ0n) is 13.4. The van der Waals surface area contributed by atoms with Gasteiger partial charge in [0.15, 0.2) is 0 Å². The molecule has 0 aliphatic carbocycles. The van der Waals surface area contributed by atoms with E-state index in [-0.39, 0.29) is 24.5 Å². The molecular formula is C17H17FN4O3. The summed E-state index contributed by atoms with van der Waals surface area (Å²) in [5.41, 5.74) is 0.517. The Morgan fingerprint density at radius 3 is 2.80 bits per heavy atom. The Bertz CT molecular complexity index is 817. The minimum Gasteiger partial charge on any atom is -0.460 e. The number of esters is 1. The van der Waals surface area contributed by atoms with Gasteiger partial charge in [-0.3, -0.25) is 4.68 Å². The van der Waals surface area contributed by atoms with Crippen molar-refractivity contribution in [3.63, 3.8) is 0 Å².